The largest absolute Gasteiger partial charge is 0.493 e. The van der Waals surface area contributed by atoms with E-state index in [-0.39, 0.29) is 100 Å². The zero-order chi connectivity index (χ0) is 49.9. The zero-order valence-corrected chi connectivity index (χ0v) is 40.1. The summed E-state index contributed by atoms with van der Waals surface area (Å²) in [5.74, 6) is -1.28. The molecule has 0 saturated heterocycles. The first-order chi connectivity index (χ1) is 32.8. The number of para-hydroxylation sites is 2. The van der Waals surface area contributed by atoms with Gasteiger partial charge in [0.05, 0.1) is 63.5 Å². The van der Waals surface area contributed by atoms with Crippen LogP contribution in [0, 0.1) is 32.1 Å². The monoisotopic (exact) mass is 1030 g/mol. The number of hydrogen-bond donors (Lipinski definition) is 4. The van der Waals surface area contributed by atoms with Crippen molar-refractivity contribution in [1.82, 2.24) is 9.38 Å². The van der Waals surface area contributed by atoms with E-state index in [0.29, 0.717) is 39.1 Å². The third-order valence-corrected chi connectivity index (χ3v) is 14.0. The van der Waals surface area contributed by atoms with E-state index in [0.717, 1.165) is 12.0 Å². The van der Waals surface area contributed by atoms with E-state index in [2.05, 4.69) is 51.1 Å². The highest BCUT2D eigenvalue weighted by Gasteiger charge is 2.22. The van der Waals surface area contributed by atoms with Crippen LogP contribution in [0.1, 0.15) is 41.5 Å². The highest BCUT2D eigenvalue weighted by Crippen LogP contribution is 2.42. The fraction of sp³-hybridized carbons (Fsp3) is 0.286. The SMILES string of the molecule is Cc1cc(N=Nc2cc(OCCCS(=O)(=O)O)c(N=Nc3c(C)c(C#N)c4nc5ccccc5n4c3O)cc2C)c(OCCCS(=O)(=O)O)cc1N=Nc1ccc(S(=O)(=O)CCCSOOO)cc1. The summed E-state index contributed by atoms with van der Waals surface area (Å²) in [6, 6.07) is 20.9. The van der Waals surface area contributed by atoms with Crippen LogP contribution in [0.5, 0.6) is 17.4 Å². The maximum absolute atomic E-state index is 12.8. The van der Waals surface area contributed by atoms with Crippen molar-refractivity contribution < 1.29 is 63.6 Å². The van der Waals surface area contributed by atoms with Gasteiger partial charge in [-0.05, 0) is 99.7 Å². The normalized spacial score (nSPS) is 12.5. The van der Waals surface area contributed by atoms with Crippen LogP contribution < -0.4 is 9.47 Å². The van der Waals surface area contributed by atoms with Crippen LogP contribution in [0.4, 0.5) is 34.1 Å². The number of benzene rings is 4. The zero-order valence-electron chi connectivity index (χ0n) is 36.8. The van der Waals surface area contributed by atoms with Crippen LogP contribution in [0.3, 0.4) is 0 Å². The molecule has 0 atom stereocenters. The molecule has 0 aliphatic rings. The first-order valence-electron chi connectivity index (χ1n) is 20.4. The van der Waals surface area contributed by atoms with Crippen molar-refractivity contribution in [2.45, 2.75) is 44.9 Å². The van der Waals surface area contributed by atoms with Crippen molar-refractivity contribution in [3.8, 4) is 23.4 Å². The number of aryl methyl sites for hydroxylation is 2. The van der Waals surface area contributed by atoms with Gasteiger partial charge in [-0.1, -0.05) is 17.2 Å². The van der Waals surface area contributed by atoms with Crippen molar-refractivity contribution in [2.24, 2.45) is 30.7 Å². The Kier molecular flexibility index (Phi) is 17.1. The molecule has 6 rings (SSSR count). The molecule has 364 valence electrons. The van der Waals surface area contributed by atoms with Gasteiger partial charge in [-0.2, -0.15) is 37.4 Å². The molecule has 23 nitrogen and oxygen atoms in total. The molecule has 0 saturated carbocycles. The molecule has 69 heavy (non-hydrogen) atoms. The molecule has 6 aromatic rings. The molecular formula is C42H43N9O14S4. The number of azo groups is 3. The number of aromatic nitrogens is 2. The molecule has 0 amide bonds. The molecule has 0 spiro atoms. The molecule has 0 aliphatic carbocycles. The maximum atomic E-state index is 12.8. The van der Waals surface area contributed by atoms with Gasteiger partial charge in [0, 0.05) is 35.5 Å². The molecule has 4 aromatic carbocycles. The Balaban J connectivity index is 1.32. The molecule has 0 fully saturated rings. The lowest BCUT2D eigenvalue weighted by molar-refractivity contribution is -0.432. The smallest absolute Gasteiger partial charge is 0.264 e. The molecule has 27 heteroatoms. The van der Waals surface area contributed by atoms with E-state index < -0.39 is 41.6 Å². The van der Waals surface area contributed by atoms with Gasteiger partial charge in [0.25, 0.3) is 20.2 Å². The van der Waals surface area contributed by atoms with Crippen molar-refractivity contribution in [1.29, 1.82) is 5.26 Å². The molecule has 0 bridgehead atoms. The lowest BCUT2D eigenvalue weighted by Crippen LogP contribution is -2.08. The average molecular weight is 1030 g/mol. The Hall–Kier alpha value is -6.48. The summed E-state index contributed by atoms with van der Waals surface area (Å²) in [6.45, 7) is 4.61. The molecule has 0 unspecified atom stereocenters. The Bertz CT molecular complexity index is 3340. The molecule has 0 aliphatic heterocycles. The fourth-order valence-corrected chi connectivity index (χ4v) is 9.35. The summed E-state index contributed by atoms with van der Waals surface area (Å²) < 4.78 is 107. The van der Waals surface area contributed by atoms with Gasteiger partial charge in [-0.3, -0.25) is 13.5 Å². The molecular weight excluding hydrogens is 983 g/mol. The minimum Gasteiger partial charge on any atom is -0.493 e. The highest BCUT2D eigenvalue weighted by atomic mass is 32.2. The molecule has 0 radical (unpaired) electrons. The number of nitrogens with zero attached hydrogens (tertiary/aromatic N) is 9. The highest BCUT2D eigenvalue weighted by molar-refractivity contribution is 7.94. The molecule has 2 aromatic heterocycles. The second kappa shape index (κ2) is 22.8. The van der Waals surface area contributed by atoms with E-state index in [4.69, 9.17) is 14.7 Å². The first-order valence-corrected chi connectivity index (χ1v) is 26.2. The standard InChI is InChI=1S/C42H43N9O14S4/c1-26-21-35(38(62-15-6-19-68(56,57)58)23-33(26)46-45-29-11-13-30(14-12-29)67(54,55)18-8-17-66-65-64-53)48-47-34-24-39(63-16-7-20-69(59,60)61)36(22-27(34)2)49-50-40-28(3)31(25-43)41-44-32-9-4-5-10-37(32)51(41)42(40)52/h4-5,9-14,21-24,52-53H,6-8,15-20H2,1-3H3,(H,56,57,58)(H,59,60,61). The topological polar surface area (TPSA) is 336 Å². The second-order valence-corrected chi connectivity index (χ2v) is 21.0. The Morgan fingerprint density at radius 2 is 1.26 bits per heavy atom. The van der Waals surface area contributed by atoms with E-state index in [1.807, 2.05) is 0 Å². The number of aromatic hydroxyl groups is 1. The molecule has 2 heterocycles. The predicted molar refractivity (Wildman–Crippen MR) is 252 cm³/mol. The summed E-state index contributed by atoms with van der Waals surface area (Å²) in [6.07, 6.45) is 0.0324. The van der Waals surface area contributed by atoms with E-state index in [1.165, 1.54) is 40.8 Å². The van der Waals surface area contributed by atoms with Crippen molar-refractivity contribution >= 4 is 92.9 Å². The van der Waals surface area contributed by atoms with E-state index in [9.17, 15) is 44.7 Å². The van der Waals surface area contributed by atoms with Crippen LogP contribution in [0.25, 0.3) is 16.7 Å². The van der Waals surface area contributed by atoms with Crippen LogP contribution >= 0.6 is 12.0 Å². The average Bonchev–Trinajstić information content (AvgIpc) is 3.68. The number of sulfone groups is 1. The van der Waals surface area contributed by atoms with Crippen LogP contribution in [0.15, 0.2) is 108 Å². The van der Waals surface area contributed by atoms with Crippen LogP contribution in [0.2, 0.25) is 0 Å². The third kappa shape index (κ3) is 13.8. The van der Waals surface area contributed by atoms with Gasteiger partial charge < -0.3 is 14.6 Å². The Morgan fingerprint density at radius 1 is 0.710 bits per heavy atom. The number of imidazole rings is 1. The lowest BCUT2D eigenvalue weighted by Gasteiger charge is -2.12. The minimum atomic E-state index is -4.31. The quantitative estimate of drug-likeness (QED) is 0.0116. The van der Waals surface area contributed by atoms with Crippen LogP contribution in [-0.4, -0.2) is 90.3 Å². The van der Waals surface area contributed by atoms with Gasteiger partial charge in [0.15, 0.2) is 21.2 Å². The predicted octanol–water partition coefficient (Wildman–Crippen LogP) is 9.78. The van der Waals surface area contributed by atoms with Gasteiger partial charge in [-0.25, -0.2) is 18.7 Å². The number of ether oxygens (including phenoxy) is 2. The summed E-state index contributed by atoms with van der Waals surface area (Å²) in [5.41, 5.74) is 3.90. The Labute approximate surface area is 399 Å². The van der Waals surface area contributed by atoms with Crippen molar-refractivity contribution in [2.75, 3.05) is 36.2 Å². The maximum Gasteiger partial charge on any atom is 0.264 e. The van der Waals surface area contributed by atoms with Gasteiger partial charge in [-0.15, -0.1) is 19.7 Å². The summed E-state index contributed by atoms with van der Waals surface area (Å²) in [5, 5.41) is 59.4. The van der Waals surface area contributed by atoms with E-state index in [1.54, 1.807) is 57.2 Å². The van der Waals surface area contributed by atoms with Gasteiger partial charge >= 0.3 is 0 Å². The van der Waals surface area contributed by atoms with E-state index >= 15 is 0 Å². The number of nitriles is 1. The molecule has 4 N–H and O–H groups in total. The number of pyridine rings is 1. The minimum absolute atomic E-state index is 0.0302. The summed E-state index contributed by atoms with van der Waals surface area (Å²) >= 11 is 0.751. The third-order valence-electron chi connectivity index (χ3n) is 9.92. The van der Waals surface area contributed by atoms with Gasteiger partial charge in [0.1, 0.15) is 34.5 Å². The van der Waals surface area contributed by atoms with Crippen molar-refractivity contribution in [3.05, 3.63) is 95.1 Å². The number of hydrogen-bond acceptors (Lipinski definition) is 21. The van der Waals surface area contributed by atoms with Crippen LogP contribution in [-0.2, 0) is 39.4 Å². The Morgan fingerprint density at radius 3 is 1.83 bits per heavy atom. The van der Waals surface area contributed by atoms with Gasteiger partial charge in [0.2, 0.25) is 5.88 Å². The fourth-order valence-electron chi connectivity index (χ4n) is 6.52. The lowest BCUT2D eigenvalue weighted by atomic mass is 10.1. The first kappa shape index (κ1) is 51.9. The van der Waals surface area contributed by atoms with Crippen molar-refractivity contribution in [3.63, 3.8) is 0 Å². The summed E-state index contributed by atoms with van der Waals surface area (Å²) in [4.78, 5) is 4.58. The number of rotatable bonds is 23. The number of fused-ring (bicyclic) bond motifs is 3. The summed E-state index contributed by atoms with van der Waals surface area (Å²) in [7, 11) is -12.2. The second-order valence-electron chi connectivity index (χ2n) is 15.0.